The number of carbonyl (C=O) groups excluding carboxylic acids is 1. The van der Waals surface area contributed by atoms with Crippen molar-refractivity contribution in [2.45, 2.75) is 77.0 Å². The summed E-state index contributed by atoms with van der Waals surface area (Å²) in [4.78, 5) is 35.1. The summed E-state index contributed by atoms with van der Waals surface area (Å²) < 4.78 is 0. The first-order valence-corrected chi connectivity index (χ1v) is 11.5. The third-order valence-electron chi connectivity index (χ3n) is 7.29. The van der Waals surface area contributed by atoms with Crippen LogP contribution < -0.4 is 9.80 Å². The fourth-order valence-electron chi connectivity index (χ4n) is 5.61. The van der Waals surface area contributed by atoms with Crippen molar-refractivity contribution in [1.29, 1.82) is 0 Å². The van der Waals surface area contributed by atoms with Crippen molar-refractivity contribution in [2.75, 3.05) is 29.4 Å². The van der Waals surface area contributed by atoms with Crippen LogP contribution >= 0.6 is 0 Å². The summed E-state index contributed by atoms with van der Waals surface area (Å²) >= 11 is 0. The highest BCUT2D eigenvalue weighted by Crippen LogP contribution is 2.43. The van der Waals surface area contributed by atoms with E-state index in [0.29, 0.717) is 12.2 Å². The number of piperidine rings is 1. The molecule has 1 saturated carbocycles. The van der Waals surface area contributed by atoms with Crippen molar-refractivity contribution in [1.82, 2.24) is 9.88 Å². The smallest absolute Gasteiger partial charge is 0.412 e. The van der Waals surface area contributed by atoms with Crippen LogP contribution in [0.2, 0.25) is 0 Å². The van der Waals surface area contributed by atoms with Crippen LogP contribution in [0.4, 0.5) is 16.3 Å². The maximum Gasteiger partial charge on any atom is 0.412 e. The van der Waals surface area contributed by atoms with Gasteiger partial charge < -0.3 is 20.0 Å². The van der Waals surface area contributed by atoms with E-state index in [4.69, 9.17) is 0 Å². The maximum atomic E-state index is 13.5. The van der Waals surface area contributed by atoms with Crippen LogP contribution in [0.5, 0.6) is 0 Å². The van der Waals surface area contributed by atoms with E-state index in [1.54, 1.807) is 12.3 Å². The zero-order chi connectivity index (χ0) is 22.2. The number of aliphatic hydroxyl groups excluding tert-OH is 1. The zero-order valence-corrected chi connectivity index (χ0v) is 18.5. The van der Waals surface area contributed by atoms with Crippen molar-refractivity contribution >= 4 is 23.5 Å². The minimum atomic E-state index is -0.992. The van der Waals surface area contributed by atoms with Crippen LogP contribution in [-0.2, 0) is 4.79 Å². The Hall–Kier alpha value is -2.35. The van der Waals surface area contributed by atoms with Crippen LogP contribution in [0.15, 0.2) is 18.3 Å². The molecule has 2 aliphatic heterocycles. The van der Waals surface area contributed by atoms with Crippen LogP contribution in [0.3, 0.4) is 0 Å². The molecule has 2 amide bonds. The molecule has 0 aromatic carbocycles. The largest absolute Gasteiger partial charge is 0.465 e. The summed E-state index contributed by atoms with van der Waals surface area (Å²) in [5.74, 6) is 1.07. The van der Waals surface area contributed by atoms with Gasteiger partial charge in [0.2, 0.25) is 5.91 Å². The van der Waals surface area contributed by atoms with E-state index in [9.17, 15) is 19.8 Å². The Labute approximate surface area is 183 Å². The summed E-state index contributed by atoms with van der Waals surface area (Å²) in [5, 5.41) is 19.3. The van der Waals surface area contributed by atoms with Crippen LogP contribution in [0, 0.1) is 5.41 Å². The standard InChI is InChI=1S/C23H34N4O4/c1-16(2)27(22(30)31)18-6-9-20(24-14-18)25-12-3-10-23(15-25)11-13-26(21(23)29)17-4-7-19(28)8-5-17/h6,9,14,16-17,19,28H,3-5,7-8,10-13,15H2,1-2H3,(H,30,31)/t17-,19-,23-/m0/s1. The number of carboxylic acid groups (broad SMARTS) is 1. The average Bonchev–Trinajstić information content (AvgIpc) is 3.04. The van der Waals surface area contributed by atoms with Crippen molar-refractivity contribution in [2.24, 2.45) is 5.41 Å². The summed E-state index contributed by atoms with van der Waals surface area (Å²) in [6.07, 6.45) is 6.49. The molecule has 4 rings (SSSR count). The number of aliphatic hydroxyl groups is 1. The van der Waals surface area contributed by atoms with E-state index < -0.39 is 6.09 Å². The molecule has 2 saturated heterocycles. The summed E-state index contributed by atoms with van der Waals surface area (Å²) in [5.41, 5.74) is 0.209. The van der Waals surface area contributed by atoms with Gasteiger partial charge in [-0.1, -0.05) is 0 Å². The Kier molecular flexibility index (Phi) is 6.10. The van der Waals surface area contributed by atoms with Gasteiger partial charge in [0.05, 0.1) is 23.4 Å². The molecule has 3 fully saturated rings. The first kappa shape index (κ1) is 21.9. The number of hydrogen-bond donors (Lipinski definition) is 2. The number of carbonyl (C=O) groups is 2. The quantitative estimate of drug-likeness (QED) is 0.762. The lowest BCUT2D eigenvalue weighted by Gasteiger charge is -2.41. The van der Waals surface area contributed by atoms with E-state index in [-0.39, 0.29) is 29.5 Å². The number of likely N-dealkylation sites (tertiary alicyclic amines) is 1. The van der Waals surface area contributed by atoms with Gasteiger partial charge in [0.15, 0.2) is 0 Å². The van der Waals surface area contributed by atoms with Crippen LogP contribution in [-0.4, -0.2) is 69.9 Å². The molecule has 1 aromatic rings. The minimum absolute atomic E-state index is 0.175. The number of amides is 2. The molecule has 8 heteroatoms. The van der Waals surface area contributed by atoms with Gasteiger partial charge in [0.25, 0.3) is 0 Å². The molecule has 1 aliphatic carbocycles. The van der Waals surface area contributed by atoms with E-state index in [1.165, 1.54) is 4.90 Å². The van der Waals surface area contributed by atoms with Crippen molar-refractivity contribution in [3.8, 4) is 0 Å². The SMILES string of the molecule is CC(C)N(C(=O)O)c1ccc(N2CCC[C@]3(CCN([C@H]4CC[C@H](O)CC4)C3=O)C2)nc1. The molecule has 8 nitrogen and oxygen atoms in total. The number of nitrogens with zero attached hydrogens (tertiary/aromatic N) is 4. The van der Waals surface area contributed by atoms with Crippen molar-refractivity contribution in [3.63, 3.8) is 0 Å². The fraction of sp³-hybridized carbons (Fsp3) is 0.696. The van der Waals surface area contributed by atoms with Gasteiger partial charge in [-0.05, 0) is 70.9 Å². The lowest BCUT2D eigenvalue weighted by Crippen LogP contribution is -2.50. The van der Waals surface area contributed by atoms with Gasteiger partial charge in [-0.25, -0.2) is 9.78 Å². The average molecular weight is 431 g/mol. The lowest BCUT2D eigenvalue weighted by molar-refractivity contribution is -0.139. The molecule has 1 spiro atoms. The van der Waals surface area contributed by atoms with Crippen LogP contribution in [0.25, 0.3) is 0 Å². The van der Waals surface area contributed by atoms with Crippen LogP contribution in [0.1, 0.15) is 58.8 Å². The lowest BCUT2D eigenvalue weighted by atomic mass is 9.78. The second-order valence-electron chi connectivity index (χ2n) is 9.64. The summed E-state index contributed by atoms with van der Waals surface area (Å²) in [6, 6.07) is 3.76. The Bertz CT molecular complexity index is 806. The first-order valence-electron chi connectivity index (χ1n) is 11.5. The molecule has 0 unspecified atom stereocenters. The molecule has 3 heterocycles. The molecule has 170 valence electrons. The zero-order valence-electron chi connectivity index (χ0n) is 18.5. The Morgan fingerprint density at radius 3 is 2.55 bits per heavy atom. The Balaban J connectivity index is 1.46. The Morgan fingerprint density at radius 2 is 1.94 bits per heavy atom. The van der Waals surface area contributed by atoms with Gasteiger partial charge >= 0.3 is 6.09 Å². The molecular formula is C23H34N4O4. The predicted molar refractivity (Wildman–Crippen MR) is 118 cm³/mol. The Morgan fingerprint density at radius 1 is 1.19 bits per heavy atom. The fourth-order valence-corrected chi connectivity index (χ4v) is 5.61. The van der Waals surface area contributed by atoms with E-state index in [1.807, 2.05) is 19.9 Å². The molecule has 1 aromatic heterocycles. The summed E-state index contributed by atoms with van der Waals surface area (Å²) in [6.45, 7) is 5.99. The third-order valence-corrected chi connectivity index (χ3v) is 7.29. The first-order chi connectivity index (χ1) is 14.8. The summed E-state index contributed by atoms with van der Waals surface area (Å²) in [7, 11) is 0. The van der Waals surface area contributed by atoms with E-state index in [2.05, 4.69) is 14.8 Å². The normalized spacial score (nSPS) is 29.1. The molecule has 31 heavy (non-hydrogen) atoms. The molecule has 1 atom stereocenters. The third kappa shape index (κ3) is 4.22. The second-order valence-corrected chi connectivity index (χ2v) is 9.64. The van der Waals surface area contributed by atoms with Gasteiger partial charge in [-0.2, -0.15) is 0 Å². The highest BCUT2D eigenvalue weighted by atomic mass is 16.4. The van der Waals surface area contributed by atoms with Gasteiger partial charge in [0, 0.05) is 31.7 Å². The van der Waals surface area contributed by atoms with Gasteiger partial charge in [0.1, 0.15) is 5.82 Å². The highest BCUT2D eigenvalue weighted by Gasteiger charge is 2.50. The second kappa shape index (κ2) is 8.65. The molecule has 0 bridgehead atoms. The molecule has 3 aliphatic rings. The number of hydrogen-bond acceptors (Lipinski definition) is 5. The van der Waals surface area contributed by atoms with Crippen molar-refractivity contribution in [3.05, 3.63) is 18.3 Å². The number of rotatable bonds is 4. The van der Waals surface area contributed by atoms with Gasteiger partial charge in [-0.15, -0.1) is 0 Å². The number of aromatic nitrogens is 1. The monoisotopic (exact) mass is 430 g/mol. The predicted octanol–water partition coefficient (Wildman–Crippen LogP) is 3.10. The van der Waals surface area contributed by atoms with Crippen molar-refractivity contribution < 1.29 is 19.8 Å². The minimum Gasteiger partial charge on any atom is -0.465 e. The maximum absolute atomic E-state index is 13.5. The highest BCUT2D eigenvalue weighted by molar-refractivity contribution is 5.87. The van der Waals surface area contributed by atoms with E-state index in [0.717, 1.165) is 63.9 Å². The molecule has 2 N–H and O–H groups in total. The van der Waals surface area contributed by atoms with Gasteiger partial charge in [-0.3, -0.25) is 9.69 Å². The molecular weight excluding hydrogens is 396 g/mol. The molecule has 0 radical (unpaired) electrons. The number of anilines is 2. The topological polar surface area (TPSA) is 97.2 Å². The number of pyridine rings is 1. The van der Waals surface area contributed by atoms with E-state index >= 15 is 0 Å².